The Balaban J connectivity index is 0.000000411. The summed E-state index contributed by atoms with van der Waals surface area (Å²) in [7, 11) is 0. The summed E-state index contributed by atoms with van der Waals surface area (Å²) < 4.78 is 0. The third kappa shape index (κ3) is 9.87. The van der Waals surface area contributed by atoms with E-state index in [-0.39, 0.29) is 0 Å². The predicted octanol–water partition coefficient (Wildman–Crippen LogP) is 4.13. The van der Waals surface area contributed by atoms with Gasteiger partial charge in [-0.25, -0.2) is 4.79 Å². The van der Waals surface area contributed by atoms with Gasteiger partial charge in [0.15, 0.2) is 0 Å². The van der Waals surface area contributed by atoms with Crippen molar-refractivity contribution in [1.82, 2.24) is 0 Å². The summed E-state index contributed by atoms with van der Waals surface area (Å²) in [6.07, 6.45) is 6.43. The Morgan fingerprint density at radius 1 is 1.33 bits per heavy atom. The Morgan fingerprint density at radius 3 is 2.44 bits per heavy atom. The van der Waals surface area contributed by atoms with E-state index in [4.69, 9.17) is 16.9 Å². The lowest BCUT2D eigenvalue weighted by Gasteiger charge is -1.89. The minimum Gasteiger partial charge on any atom is -0.296 e. The first-order valence-corrected chi connectivity index (χ1v) is 6.42. The van der Waals surface area contributed by atoms with Crippen LogP contribution in [0.3, 0.4) is 0 Å². The molecule has 0 atom stereocenters. The fraction of sp³-hybridized carbons (Fsp3) is 0.357. The molecule has 1 aromatic carbocycles. The Morgan fingerprint density at radius 2 is 2.00 bits per heavy atom. The summed E-state index contributed by atoms with van der Waals surface area (Å²) in [4.78, 5) is 13.9. The molecule has 0 unspecified atom stereocenters. The van der Waals surface area contributed by atoms with Crippen molar-refractivity contribution in [3.63, 3.8) is 0 Å². The number of hydrogen-bond acceptors (Lipinski definition) is 3. The van der Waals surface area contributed by atoms with Crippen molar-refractivity contribution in [3.05, 3.63) is 42.0 Å². The molecule has 0 radical (unpaired) electrons. The van der Waals surface area contributed by atoms with E-state index in [2.05, 4.69) is 11.8 Å². The standard InChI is InChI=1S/C9H8O3.C5H11Cl/c10-9(12-11)7-6-8-4-2-1-3-5-8;1-2-3-4-5-6/h1-7,11H;2-5H2,1H3. The molecule has 0 aliphatic carbocycles. The van der Waals surface area contributed by atoms with Gasteiger partial charge in [0.05, 0.1) is 0 Å². The molecule has 0 aromatic heterocycles. The third-order valence-electron chi connectivity index (χ3n) is 2.04. The van der Waals surface area contributed by atoms with Crippen molar-refractivity contribution in [2.45, 2.75) is 26.2 Å². The zero-order chi connectivity index (χ0) is 13.6. The lowest BCUT2D eigenvalue weighted by atomic mass is 10.2. The van der Waals surface area contributed by atoms with E-state index < -0.39 is 5.97 Å². The molecule has 0 bridgehead atoms. The fourth-order valence-electron chi connectivity index (χ4n) is 1.10. The summed E-state index contributed by atoms with van der Waals surface area (Å²) in [6, 6.07) is 9.25. The van der Waals surface area contributed by atoms with Crippen LogP contribution in [0.15, 0.2) is 36.4 Å². The van der Waals surface area contributed by atoms with E-state index >= 15 is 0 Å². The maximum atomic E-state index is 10.4. The monoisotopic (exact) mass is 270 g/mol. The number of hydrogen-bond donors (Lipinski definition) is 1. The normalized spacial score (nSPS) is 9.72. The second-order valence-electron chi connectivity index (χ2n) is 3.55. The van der Waals surface area contributed by atoms with Gasteiger partial charge >= 0.3 is 5.97 Å². The lowest BCUT2D eigenvalue weighted by molar-refractivity contribution is -0.227. The van der Waals surface area contributed by atoms with E-state index in [1.54, 1.807) is 6.08 Å². The molecule has 1 N–H and O–H groups in total. The number of unbranched alkanes of at least 4 members (excludes halogenated alkanes) is 2. The lowest BCUT2D eigenvalue weighted by Crippen LogP contribution is -1.93. The maximum absolute atomic E-state index is 10.4. The molecule has 1 rings (SSSR count). The number of benzene rings is 1. The van der Waals surface area contributed by atoms with Crippen molar-refractivity contribution < 1.29 is 14.9 Å². The molecule has 0 saturated carbocycles. The second-order valence-corrected chi connectivity index (χ2v) is 3.93. The Labute approximate surface area is 113 Å². The van der Waals surface area contributed by atoms with Crippen molar-refractivity contribution in [2.24, 2.45) is 0 Å². The van der Waals surface area contributed by atoms with Crippen LogP contribution in [0.2, 0.25) is 0 Å². The van der Waals surface area contributed by atoms with Crippen molar-refractivity contribution >= 4 is 23.6 Å². The highest BCUT2D eigenvalue weighted by Crippen LogP contribution is 2.00. The second kappa shape index (κ2) is 12.1. The van der Waals surface area contributed by atoms with Gasteiger partial charge in [-0.3, -0.25) is 4.89 Å². The van der Waals surface area contributed by atoms with Crippen molar-refractivity contribution in [3.8, 4) is 0 Å². The van der Waals surface area contributed by atoms with Crippen LogP contribution in [0.5, 0.6) is 0 Å². The average molecular weight is 271 g/mol. The average Bonchev–Trinajstić information content (AvgIpc) is 2.44. The smallest absolute Gasteiger partial charge is 0.296 e. The first-order valence-electron chi connectivity index (χ1n) is 5.89. The zero-order valence-corrected chi connectivity index (χ0v) is 11.3. The van der Waals surface area contributed by atoms with Crippen LogP contribution in [0.1, 0.15) is 31.7 Å². The summed E-state index contributed by atoms with van der Waals surface area (Å²) in [6.45, 7) is 2.17. The van der Waals surface area contributed by atoms with E-state index in [1.807, 2.05) is 30.3 Å². The maximum Gasteiger partial charge on any atom is 0.365 e. The van der Waals surface area contributed by atoms with E-state index in [1.165, 1.54) is 19.3 Å². The third-order valence-corrected chi connectivity index (χ3v) is 2.31. The highest BCUT2D eigenvalue weighted by molar-refractivity contribution is 6.17. The minimum atomic E-state index is -0.779. The molecule has 0 heterocycles. The molecule has 0 spiro atoms. The first kappa shape index (κ1) is 16.7. The largest absolute Gasteiger partial charge is 0.365 e. The van der Waals surface area contributed by atoms with E-state index in [0.29, 0.717) is 0 Å². The van der Waals surface area contributed by atoms with Gasteiger partial charge in [-0.05, 0) is 18.1 Å². The van der Waals surface area contributed by atoms with E-state index in [9.17, 15) is 4.79 Å². The van der Waals surface area contributed by atoms with Gasteiger partial charge in [0, 0.05) is 12.0 Å². The van der Waals surface area contributed by atoms with E-state index in [0.717, 1.165) is 17.5 Å². The van der Waals surface area contributed by atoms with Crippen LogP contribution in [-0.4, -0.2) is 17.1 Å². The van der Waals surface area contributed by atoms with Crippen molar-refractivity contribution in [1.29, 1.82) is 0 Å². The number of carbonyl (C=O) groups is 1. The quantitative estimate of drug-likeness (QED) is 0.288. The fourth-order valence-corrected chi connectivity index (χ4v) is 1.29. The predicted molar refractivity (Wildman–Crippen MR) is 74.4 cm³/mol. The molecular formula is C14H19ClO3. The summed E-state index contributed by atoms with van der Waals surface area (Å²) >= 11 is 5.38. The zero-order valence-electron chi connectivity index (χ0n) is 10.5. The highest BCUT2D eigenvalue weighted by atomic mass is 35.5. The Hall–Kier alpha value is -1.32. The van der Waals surface area contributed by atoms with Gasteiger partial charge in [-0.1, -0.05) is 50.1 Å². The molecule has 100 valence electrons. The van der Waals surface area contributed by atoms with Gasteiger partial charge in [0.25, 0.3) is 0 Å². The van der Waals surface area contributed by atoms with Gasteiger partial charge in [0.1, 0.15) is 0 Å². The summed E-state index contributed by atoms with van der Waals surface area (Å²) in [5.74, 6) is 0.0484. The SMILES string of the molecule is CCCCCCl.O=C(C=Cc1ccccc1)OO. The number of carbonyl (C=O) groups excluding carboxylic acids is 1. The number of halogens is 1. The van der Waals surface area contributed by atoms with Gasteiger partial charge in [-0.15, -0.1) is 11.6 Å². The molecule has 4 heteroatoms. The molecule has 0 fully saturated rings. The van der Waals surface area contributed by atoms with Crippen molar-refractivity contribution in [2.75, 3.05) is 5.88 Å². The number of rotatable bonds is 5. The molecule has 0 aliphatic rings. The van der Waals surface area contributed by atoms with Crippen LogP contribution in [0, 0.1) is 0 Å². The molecule has 3 nitrogen and oxygen atoms in total. The minimum absolute atomic E-state index is 0.779. The van der Waals surface area contributed by atoms with Crippen LogP contribution in [0.4, 0.5) is 0 Å². The molecule has 1 aromatic rings. The number of alkyl halides is 1. The Kier molecular flexibility index (Phi) is 11.3. The molecule has 0 aliphatic heterocycles. The molecular weight excluding hydrogens is 252 g/mol. The van der Waals surface area contributed by atoms with Gasteiger partial charge < -0.3 is 0 Å². The van der Waals surface area contributed by atoms with Gasteiger partial charge in [0.2, 0.25) is 0 Å². The highest BCUT2D eigenvalue weighted by Gasteiger charge is 1.91. The summed E-state index contributed by atoms with van der Waals surface area (Å²) in [5, 5.41) is 7.91. The molecule has 0 amide bonds. The molecule has 18 heavy (non-hydrogen) atoms. The van der Waals surface area contributed by atoms with Crippen LogP contribution >= 0.6 is 11.6 Å². The van der Waals surface area contributed by atoms with Crippen LogP contribution < -0.4 is 0 Å². The molecule has 0 saturated heterocycles. The topological polar surface area (TPSA) is 46.5 Å². The van der Waals surface area contributed by atoms with Crippen LogP contribution in [-0.2, 0) is 9.68 Å². The summed E-state index contributed by atoms with van der Waals surface area (Å²) in [5.41, 5.74) is 0.878. The van der Waals surface area contributed by atoms with Crippen LogP contribution in [0.25, 0.3) is 6.08 Å². The Bertz CT molecular complexity index is 332. The van der Waals surface area contributed by atoms with Gasteiger partial charge in [-0.2, -0.15) is 5.26 Å². The first-order chi connectivity index (χ1) is 8.74.